The SMILES string of the molecule is C[C@@H]1[C@H](CCc2ccc3cc(Br)c(N)nc3c2)[C@@H](O)[C@@H](O)[C@@H]1n1ccc2c(N)ncnc21. The van der Waals surface area contributed by atoms with E-state index in [1.54, 1.807) is 0 Å². The fourth-order valence-electron chi connectivity index (χ4n) is 5.10. The molecule has 32 heavy (non-hydrogen) atoms. The summed E-state index contributed by atoms with van der Waals surface area (Å²) in [6.07, 6.45) is 3.08. The molecule has 0 bridgehead atoms. The lowest BCUT2D eigenvalue weighted by Gasteiger charge is -2.23. The quantitative estimate of drug-likeness (QED) is 0.340. The standard InChI is InChI=1S/C23H25BrN6O2/c1-11-14(5-3-12-2-4-13-9-16(24)22(26)29-17(13)8-12)19(31)20(32)18(11)30-7-6-15-21(25)27-10-28-23(15)30/h2,4,6-11,14,18-20,31-32H,3,5H2,1H3,(H2,26,29)(H2,25,27,28)/t11-,14+,18-,19-,20+/m1/s1. The third-order valence-corrected chi connectivity index (χ3v) is 7.48. The van der Waals surface area contributed by atoms with Gasteiger partial charge in [-0.15, -0.1) is 0 Å². The number of aromatic nitrogens is 4. The second-order valence-electron chi connectivity index (χ2n) is 8.64. The smallest absolute Gasteiger partial charge is 0.145 e. The molecule has 0 saturated heterocycles. The van der Waals surface area contributed by atoms with Crippen LogP contribution < -0.4 is 11.5 Å². The Morgan fingerprint density at radius 1 is 1.06 bits per heavy atom. The first kappa shape index (κ1) is 21.1. The molecule has 1 aliphatic carbocycles. The lowest BCUT2D eigenvalue weighted by molar-refractivity contribution is 0.00538. The van der Waals surface area contributed by atoms with Crippen LogP contribution in [0.1, 0.15) is 24.9 Å². The number of nitrogens with two attached hydrogens (primary N) is 2. The van der Waals surface area contributed by atoms with Gasteiger partial charge in [-0.3, -0.25) is 0 Å². The topological polar surface area (TPSA) is 136 Å². The number of rotatable bonds is 4. The number of nitrogens with zero attached hydrogens (tertiary/aromatic N) is 4. The van der Waals surface area contributed by atoms with Crippen LogP contribution in [0.3, 0.4) is 0 Å². The first-order valence-electron chi connectivity index (χ1n) is 10.6. The van der Waals surface area contributed by atoms with E-state index in [9.17, 15) is 10.2 Å². The summed E-state index contributed by atoms with van der Waals surface area (Å²) in [6.45, 7) is 2.07. The molecule has 1 aromatic carbocycles. The highest BCUT2D eigenvalue weighted by Crippen LogP contribution is 2.44. The highest BCUT2D eigenvalue weighted by molar-refractivity contribution is 9.10. The number of hydrogen-bond acceptors (Lipinski definition) is 7. The molecule has 5 atom stereocenters. The monoisotopic (exact) mass is 496 g/mol. The minimum Gasteiger partial charge on any atom is -0.390 e. The van der Waals surface area contributed by atoms with Crippen molar-refractivity contribution in [1.82, 2.24) is 19.5 Å². The van der Waals surface area contributed by atoms with E-state index in [0.29, 0.717) is 17.3 Å². The lowest BCUT2D eigenvalue weighted by Crippen LogP contribution is -2.29. The molecule has 0 amide bonds. The van der Waals surface area contributed by atoms with E-state index < -0.39 is 12.2 Å². The average Bonchev–Trinajstić information content (AvgIpc) is 3.27. The van der Waals surface area contributed by atoms with Crippen molar-refractivity contribution >= 4 is 49.5 Å². The van der Waals surface area contributed by atoms with E-state index >= 15 is 0 Å². The highest BCUT2D eigenvalue weighted by Gasteiger charge is 2.47. The van der Waals surface area contributed by atoms with Crippen molar-refractivity contribution in [2.45, 2.75) is 38.0 Å². The second kappa shape index (κ2) is 7.99. The molecule has 5 rings (SSSR count). The molecular weight excluding hydrogens is 472 g/mol. The third-order valence-electron chi connectivity index (χ3n) is 6.84. The van der Waals surface area contributed by atoms with Gasteiger partial charge in [0.05, 0.1) is 27.5 Å². The maximum Gasteiger partial charge on any atom is 0.145 e. The summed E-state index contributed by atoms with van der Waals surface area (Å²) in [7, 11) is 0. The molecule has 4 aromatic rings. The number of aliphatic hydroxyl groups excluding tert-OH is 2. The number of hydrogen-bond donors (Lipinski definition) is 4. The molecule has 0 radical (unpaired) electrons. The number of anilines is 2. The van der Waals surface area contributed by atoms with Crippen LogP contribution in [0.2, 0.25) is 0 Å². The number of benzene rings is 1. The lowest BCUT2D eigenvalue weighted by atomic mass is 9.88. The summed E-state index contributed by atoms with van der Waals surface area (Å²) in [5, 5.41) is 23.6. The van der Waals surface area contributed by atoms with Crippen molar-refractivity contribution in [3.8, 4) is 0 Å². The number of aryl methyl sites for hydroxylation is 1. The molecule has 0 unspecified atom stereocenters. The molecule has 0 aliphatic heterocycles. The van der Waals surface area contributed by atoms with Gasteiger partial charge in [-0.05, 0) is 64.4 Å². The van der Waals surface area contributed by atoms with Crippen molar-refractivity contribution in [3.63, 3.8) is 0 Å². The van der Waals surface area contributed by atoms with E-state index in [1.807, 2.05) is 35.0 Å². The van der Waals surface area contributed by atoms with Crippen molar-refractivity contribution in [3.05, 3.63) is 52.9 Å². The van der Waals surface area contributed by atoms with Crippen LogP contribution in [-0.2, 0) is 6.42 Å². The van der Waals surface area contributed by atoms with Crippen LogP contribution in [0.15, 0.2) is 47.3 Å². The fraction of sp³-hybridized carbons (Fsp3) is 0.348. The molecule has 1 fully saturated rings. The van der Waals surface area contributed by atoms with Gasteiger partial charge in [0.25, 0.3) is 0 Å². The van der Waals surface area contributed by atoms with Gasteiger partial charge in [-0.2, -0.15) is 0 Å². The van der Waals surface area contributed by atoms with Crippen LogP contribution in [0.4, 0.5) is 11.6 Å². The third kappa shape index (κ3) is 3.41. The van der Waals surface area contributed by atoms with Gasteiger partial charge in [-0.25, -0.2) is 15.0 Å². The van der Waals surface area contributed by atoms with Crippen LogP contribution in [0, 0.1) is 11.8 Å². The fourth-order valence-corrected chi connectivity index (χ4v) is 5.44. The Bertz CT molecular complexity index is 1310. The summed E-state index contributed by atoms with van der Waals surface area (Å²) >= 11 is 3.41. The average molecular weight is 497 g/mol. The Morgan fingerprint density at radius 2 is 1.88 bits per heavy atom. The Labute approximate surface area is 193 Å². The van der Waals surface area contributed by atoms with Gasteiger partial charge in [-0.1, -0.05) is 19.1 Å². The molecule has 3 aromatic heterocycles. The van der Waals surface area contributed by atoms with E-state index in [1.165, 1.54) is 6.33 Å². The molecule has 1 saturated carbocycles. The van der Waals surface area contributed by atoms with Crippen molar-refractivity contribution in [2.75, 3.05) is 11.5 Å². The molecule has 6 N–H and O–H groups in total. The summed E-state index contributed by atoms with van der Waals surface area (Å²) in [6, 6.07) is 9.67. The Kier molecular flexibility index (Phi) is 5.27. The van der Waals surface area contributed by atoms with Crippen LogP contribution in [0.25, 0.3) is 21.9 Å². The first-order valence-corrected chi connectivity index (χ1v) is 11.4. The summed E-state index contributed by atoms with van der Waals surface area (Å²) in [5.41, 5.74) is 14.5. The van der Waals surface area contributed by atoms with Gasteiger partial charge in [0, 0.05) is 11.6 Å². The maximum absolute atomic E-state index is 10.9. The maximum atomic E-state index is 10.9. The predicted molar refractivity (Wildman–Crippen MR) is 128 cm³/mol. The van der Waals surface area contributed by atoms with Crippen molar-refractivity contribution < 1.29 is 10.2 Å². The van der Waals surface area contributed by atoms with Crippen LogP contribution in [-0.4, -0.2) is 41.9 Å². The van der Waals surface area contributed by atoms with Crippen molar-refractivity contribution in [2.24, 2.45) is 11.8 Å². The second-order valence-corrected chi connectivity index (χ2v) is 9.49. The molecule has 166 valence electrons. The number of halogens is 1. The van der Waals surface area contributed by atoms with Crippen LogP contribution >= 0.6 is 15.9 Å². The van der Waals surface area contributed by atoms with Gasteiger partial charge >= 0.3 is 0 Å². The Hall–Kier alpha value is -2.75. The zero-order valence-corrected chi connectivity index (χ0v) is 19.1. The molecule has 0 spiro atoms. The summed E-state index contributed by atoms with van der Waals surface area (Å²) < 4.78 is 2.71. The minimum atomic E-state index is -0.891. The normalized spacial score (nSPS) is 25.7. The number of aliphatic hydroxyl groups is 2. The van der Waals surface area contributed by atoms with E-state index in [2.05, 4.69) is 43.9 Å². The predicted octanol–water partition coefficient (Wildman–Crippen LogP) is 3.07. The molecular formula is C23H25BrN6O2. The van der Waals surface area contributed by atoms with Gasteiger partial charge < -0.3 is 26.2 Å². The summed E-state index contributed by atoms with van der Waals surface area (Å²) in [5.74, 6) is 0.842. The molecule has 9 heteroatoms. The van der Waals surface area contributed by atoms with E-state index in [-0.39, 0.29) is 17.9 Å². The van der Waals surface area contributed by atoms with Gasteiger partial charge in [0.1, 0.15) is 29.7 Å². The van der Waals surface area contributed by atoms with Gasteiger partial charge in [0.15, 0.2) is 0 Å². The molecule has 8 nitrogen and oxygen atoms in total. The Morgan fingerprint density at radius 3 is 2.69 bits per heavy atom. The van der Waals surface area contributed by atoms with E-state index in [4.69, 9.17) is 11.5 Å². The molecule has 3 heterocycles. The minimum absolute atomic E-state index is 0.0389. The molecule has 1 aliphatic rings. The van der Waals surface area contributed by atoms with Crippen LogP contribution in [0.5, 0.6) is 0 Å². The zero-order chi connectivity index (χ0) is 22.6. The Balaban J connectivity index is 1.38. The van der Waals surface area contributed by atoms with Crippen molar-refractivity contribution in [1.29, 1.82) is 0 Å². The zero-order valence-electron chi connectivity index (χ0n) is 17.6. The number of nitrogen functional groups attached to an aromatic ring is 2. The van der Waals surface area contributed by atoms with E-state index in [0.717, 1.165) is 39.2 Å². The summed E-state index contributed by atoms with van der Waals surface area (Å²) in [4.78, 5) is 12.9. The number of fused-ring (bicyclic) bond motifs is 2. The highest BCUT2D eigenvalue weighted by atomic mass is 79.9. The van der Waals surface area contributed by atoms with Gasteiger partial charge in [0.2, 0.25) is 0 Å². The number of pyridine rings is 1. The largest absolute Gasteiger partial charge is 0.390 e. The first-order chi connectivity index (χ1) is 15.3.